The predicted molar refractivity (Wildman–Crippen MR) is 109 cm³/mol. The van der Waals surface area contributed by atoms with Crippen molar-refractivity contribution in [2.24, 2.45) is 0 Å². The van der Waals surface area contributed by atoms with Crippen LogP contribution in [-0.2, 0) is 6.54 Å². The highest BCUT2D eigenvalue weighted by Crippen LogP contribution is 2.20. The molecule has 1 heterocycles. The SMILES string of the molecule is O=C(Nc1ccc(Cl)cc1)Nc1cnn(Cc2cccc3ccccc23)c1. The fourth-order valence-electron chi connectivity index (χ4n) is 2.95. The first-order valence-electron chi connectivity index (χ1n) is 8.50. The fourth-order valence-corrected chi connectivity index (χ4v) is 3.07. The quantitative estimate of drug-likeness (QED) is 0.502. The van der Waals surface area contributed by atoms with Crippen molar-refractivity contribution in [1.29, 1.82) is 0 Å². The van der Waals surface area contributed by atoms with Gasteiger partial charge >= 0.3 is 6.03 Å². The van der Waals surface area contributed by atoms with Crippen molar-refractivity contribution in [3.05, 3.63) is 89.7 Å². The lowest BCUT2D eigenvalue weighted by molar-refractivity contribution is 0.262. The fraction of sp³-hybridized carbons (Fsp3) is 0.0476. The molecule has 0 bridgehead atoms. The summed E-state index contributed by atoms with van der Waals surface area (Å²) >= 11 is 5.84. The van der Waals surface area contributed by atoms with Gasteiger partial charge in [-0.3, -0.25) is 4.68 Å². The van der Waals surface area contributed by atoms with Gasteiger partial charge in [0.15, 0.2) is 0 Å². The third-order valence-corrected chi connectivity index (χ3v) is 4.46. The molecule has 0 radical (unpaired) electrons. The zero-order valence-corrected chi connectivity index (χ0v) is 15.1. The number of amides is 2. The van der Waals surface area contributed by atoms with E-state index in [1.165, 1.54) is 16.3 Å². The van der Waals surface area contributed by atoms with E-state index in [2.05, 4.69) is 40.0 Å². The molecule has 27 heavy (non-hydrogen) atoms. The standard InChI is InChI=1S/C21H17ClN4O/c22-17-8-10-18(11-9-17)24-21(27)25-19-12-23-26(14-19)13-16-6-3-5-15-4-1-2-7-20(15)16/h1-12,14H,13H2,(H2,24,25,27). The minimum Gasteiger partial charge on any atom is -0.308 e. The molecule has 4 rings (SSSR count). The van der Waals surface area contributed by atoms with Gasteiger partial charge in [-0.25, -0.2) is 4.79 Å². The lowest BCUT2D eigenvalue weighted by Crippen LogP contribution is -2.19. The minimum absolute atomic E-state index is 0.331. The Kier molecular flexibility index (Phi) is 4.77. The second-order valence-electron chi connectivity index (χ2n) is 6.15. The molecule has 4 aromatic rings. The molecule has 3 aromatic carbocycles. The summed E-state index contributed by atoms with van der Waals surface area (Å²) < 4.78 is 1.81. The van der Waals surface area contributed by atoms with Crippen LogP contribution in [0.3, 0.4) is 0 Å². The molecule has 0 saturated heterocycles. The van der Waals surface area contributed by atoms with E-state index >= 15 is 0 Å². The maximum Gasteiger partial charge on any atom is 0.323 e. The Morgan fingerprint density at radius 3 is 2.52 bits per heavy atom. The second-order valence-corrected chi connectivity index (χ2v) is 6.59. The minimum atomic E-state index is -0.331. The number of carbonyl (C=O) groups excluding carboxylic acids is 1. The van der Waals surface area contributed by atoms with E-state index in [0.29, 0.717) is 22.9 Å². The van der Waals surface area contributed by atoms with Crippen LogP contribution in [0.15, 0.2) is 79.1 Å². The highest BCUT2D eigenvalue weighted by molar-refractivity contribution is 6.30. The summed E-state index contributed by atoms with van der Waals surface area (Å²) in [5, 5.41) is 12.9. The van der Waals surface area contributed by atoms with Crippen LogP contribution in [0.2, 0.25) is 5.02 Å². The summed E-state index contributed by atoms with van der Waals surface area (Å²) in [7, 11) is 0. The molecule has 0 fully saturated rings. The number of benzene rings is 3. The van der Waals surface area contributed by atoms with Gasteiger partial charge in [0.1, 0.15) is 0 Å². The molecule has 0 aliphatic carbocycles. The number of rotatable bonds is 4. The van der Waals surface area contributed by atoms with Crippen LogP contribution in [0.1, 0.15) is 5.56 Å². The molecule has 2 amide bonds. The van der Waals surface area contributed by atoms with Crippen LogP contribution in [-0.4, -0.2) is 15.8 Å². The Bertz CT molecular complexity index is 1080. The van der Waals surface area contributed by atoms with E-state index in [4.69, 9.17) is 11.6 Å². The predicted octanol–water partition coefficient (Wildman–Crippen LogP) is 5.38. The van der Waals surface area contributed by atoms with Gasteiger partial charge < -0.3 is 10.6 Å². The van der Waals surface area contributed by atoms with Gasteiger partial charge in [0.25, 0.3) is 0 Å². The van der Waals surface area contributed by atoms with Gasteiger partial charge in [0.2, 0.25) is 0 Å². The summed E-state index contributed by atoms with van der Waals surface area (Å²) in [5.74, 6) is 0. The van der Waals surface area contributed by atoms with E-state index in [9.17, 15) is 4.79 Å². The van der Waals surface area contributed by atoms with Crippen molar-refractivity contribution in [3.8, 4) is 0 Å². The maximum atomic E-state index is 12.1. The third kappa shape index (κ3) is 4.10. The number of anilines is 2. The monoisotopic (exact) mass is 376 g/mol. The highest BCUT2D eigenvalue weighted by Gasteiger charge is 2.07. The van der Waals surface area contributed by atoms with Gasteiger partial charge in [0, 0.05) is 16.9 Å². The van der Waals surface area contributed by atoms with Gasteiger partial charge in [-0.05, 0) is 40.6 Å². The molecule has 1 aromatic heterocycles. The van der Waals surface area contributed by atoms with Gasteiger partial charge in [-0.15, -0.1) is 0 Å². The largest absolute Gasteiger partial charge is 0.323 e. The molecule has 0 spiro atoms. The van der Waals surface area contributed by atoms with Crippen molar-refractivity contribution >= 4 is 39.8 Å². The number of fused-ring (bicyclic) bond motifs is 1. The smallest absolute Gasteiger partial charge is 0.308 e. The number of hydrogen-bond acceptors (Lipinski definition) is 2. The first-order valence-corrected chi connectivity index (χ1v) is 8.88. The van der Waals surface area contributed by atoms with E-state index in [1.54, 1.807) is 35.1 Å². The Morgan fingerprint density at radius 1 is 0.926 bits per heavy atom. The average Bonchev–Trinajstić information content (AvgIpc) is 3.10. The van der Waals surface area contributed by atoms with Crippen molar-refractivity contribution in [2.75, 3.05) is 10.6 Å². The molecular formula is C21H17ClN4O. The van der Waals surface area contributed by atoms with Gasteiger partial charge in [-0.2, -0.15) is 5.10 Å². The number of carbonyl (C=O) groups is 1. The maximum absolute atomic E-state index is 12.1. The highest BCUT2D eigenvalue weighted by atomic mass is 35.5. The number of halogens is 1. The number of aromatic nitrogens is 2. The molecule has 134 valence electrons. The summed E-state index contributed by atoms with van der Waals surface area (Å²) in [6, 6.07) is 21.1. The van der Waals surface area contributed by atoms with Crippen LogP contribution >= 0.6 is 11.6 Å². The third-order valence-electron chi connectivity index (χ3n) is 4.21. The molecule has 5 nitrogen and oxygen atoms in total. The molecule has 2 N–H and O–H groups in total. The number of hydrogen-bond donors (Lipinski definition) is 2. The first-order chi connectivity index (χ1) is 13.2. The van der Waals surface area contributed by atoms with Crippen LogP contribution in [0, 0.1) is 0 Å². The van der Waals surface area contributed by atoms with E-state index in [0.717, 1.165) is 0 Å². The molecule has 0 unspecified atom stereocenters. The average molecular weight is 377 g/mol. The van der Waals surface area contributed by atoms with Crippen LogP contribution in [0.4, 0.5) is 16.2 Å². The normalized spacial score (nSPS) is 10.7. The molecule has 0 aliphatic heterocycles. The van der Waals surface area contributed by atoms with Crippen LogP contribution in [0.25, 0.3) is 10.8 Å². The van der Waals surface area contributed by atoms with Crippen molar-refractivity contribution < 1.29 is 4.79 Å². The number of nitrogens with zero attached hydrogens (tertiary/aromatic N) is 2. The Labute approximate surface area is 161 Å². The van der Waals surface area contributed by atoms with E-state index < -0.39 is 0 Å². The molecular weight excluding hydrogens is 360 g/mol. The second kappa shape index (κ2) is 7.51. The van der Waals surface area contributed by atoms with Gasteiger partial charge in [0.05, 0.1) is 18.4 Å². The lowest BCUT2D eigenvalue weighted by atomic mass is 10.0. The van der Waals surface area contributed by atoms with E-state index in [-0.39, 0.29) is 6.03 Å². The summed E-state index contributed by atoms with van der Waals surface area (Å²) in [6.45, 7) is 0.627. The molecule has 0 saturated carbocycles. The Hall–Kier alpha value is -3.31. The topological polar surface area (TPSA) is 59.0 Å². The van der Waals surface area contributed by atoms with Crippen molar-refractivity contribution in [3.63, 3.8) is 0 Å². The zero-order valence-electron chi connectivity index (χ0n) is 14.4. The summed E-state index contributed by atoms with van der Waals surface area (Å²) in [5.41, 5.74) is 2.47. The molecule has 0 atom stereocenters. The van der Waals surface area contributed by atoms with Crippen molar-refractivity contribution in [1.82, 2.24) is 9.78 Å². The Morgan fingerprint density at radius 2 is 1.67 bits per heavy atom. The number of nitrogens with one attached hydrogen (secondary N) is 2. The van der Waals surface area contributed by atoms with E-state index in [1.807, 2.05) is 24.4 Å². The lowest BCUT2D eigenvalue weighted by Gasteiger charge is -2.07. The molecule has 6 heteroatoms. The Balaban J connectivity index is 1.44. The van der Waals surface area contributed by atoms with Crippen LogP contribution in [0.5, 0.6) is 0 Å². The molecule has 0 aliphatic rings. The zero-order chi connectivity index (χ0) is 18.6. The van der Waals surface area contributed by atoms with Gasteiger partial charge in [-0.1, -0.05) is 54.1 Å². The first kappa shape index (κ1) is 17.1. The van der Waals surface area contributed by atoms with Crippen molar-refractivity contribution in [2.45, 2.75) is 6.54 Å². The summed E-state index contributed by atoms with van der Waals surface area (Å²) in [6.07, 6.45) is 3.44. The van der Waals surface area contributed by atoms with Crippen LogP contribution < -0.4 is 10.6 Å². The summed E-state index contributed by atoms with van der Waals surface area (Å²) in [4.78, 5) is 12.1. The number of urea groups is 1.